The average molecular weight is 381 g/mol. The molecule has 0 saturated heterocycles. The highest BCUT2D eigenvalue weighted by molar-refractivity contribution is 6.93. The van der Waals surface area contributed by atoms with E-state index in [4.69, 9.17) is 13.6 Å². The number of benzene rings is 1. The van der Waals surface area contributed by atoms with Crippen molar-refractivity contribution in [3.05, 3.63) is 42.5 Å². The molecule has 0 saturated carbocycles. The topological polar surface area (TPSA) is 44.8 Å². The summed E-state index contributed by atoms with van der Waals surface area (Å²) in [6.07, 6.45) is 0.858. The zero-order valence-electron chi connectivity index (χ0n) is 16.4. The van der Waals surface area contributed by atoms with Crippen LogP contribution in [0.25, 0.3) is 0 Å². The van der Waals surface area contributed by atoms with E-state index in [1.165, 1.54) is 5.19 Å². The molecule has 0 aliphatic rings. The minimum Gasteiger partial charge on any atom is -0.460 e. The Labute approximate surface area is 154 Å². The van der Waals surface area contributed by atoms with Crippen LogP contribution in [0.3, 0.4) is 0 Å². The number of ether oxygens (including phenoxy) is 2. The highest BCUT2D eigenvalue weighted by Crippen LogP contribution is 2.22. The Morgan fingerprint density at radius 3 is 2.20 bits per heavy atom. The molecule has 0 aliphatic carbocycles. The minimum atomic E-state index is -2.31. The van der Waals surface area contributed by atoms with E-state index in [2.05, 4.69) is 64.0 Å². The van der Waals surface area contributed by atoms with Gasteiger partial charge in [-0.25, -0.2) is 4.79 Å². The number of rotatable bonds is 10. The lowest BCUT2D eigenvalue weighted by Gasteiger charge is -2.40. The highest BCUT2D eigenvalue weighted by Gasteiger charge is 2.43. The quantitative estimate of drug-likeness (QED) is 0.268. The standard InChI is InChI=1S/C19H32O4Si2/c1-8-18(21-14-15-22-19(20)16(2)3)25(7,23-24(4,5)6)17-12-10-9-11-13-17/h9-13,18H,2,8,14-15H2,1,3-7H3. The molecule has 0 radical (unpaired) electrons. The van der Waals surface area contributed by atoms with E-state index in [1.54, 1.807) is 6.92 Å². The molecule has 0 aromatic heterocycles. The molecule has 2 atom stereocenters. The number of carbonyl (C=O) groups excluding carboxylic acids is 1. The lowest BCUT2D eigenvalue weighted by Crippen LogP contribution is -2.62. The molecular formula is C19H32O4Si2. The van der Waals surface area contributed by atoms with Crippen molar-refractivity contribution in [2.24, 2.45) is 0 Å². The Morgan fingerprint density at radius 2 is 1.72 bits per heavy atom. The number of hydrogen-bond acceptors (Lipinski definition) is 4. The molecule has 0 aliphatic heterocycles. The van der Waals surface area contributed by atoms with Gasteiger partial charge in [0, 0.05) is 5.57 Å². The largest absolute Gasteiger partial charge is 0.460 e. The molecule has 1 aromatic carbocycles. The van der Waals surface area contributed by atoms with Crippen molar-refractivity contribution < 1.29 is 18.4 Å². The summed E-state index contributed by atoms with van der Waals surface area (Å²) in [4.78, 5) is 11.5. The molecule has 25 heavy (non-hydrogen) atoms. The first-order valence-electron chi connectivity index (χ1n) is 8.80. The molecule has 140 valence electrons. The third-order valence-corrected chi connectivity index (χ3v) is 11.3. The van der Waals surface area contributed by atoms with Gasteiger partial charge in [-0.05, 0) is 44.7 Å². The molecule has 6 heteroatoms. The van der Waals surface area contributed by atoms with Crippen molar-refractivity contribution >= 4 is 27.8 Å². The molecule has 0 N–H and O–H groups in total. The molecule has 0 spiro atoms. The van der Waals surface area contributed by atoms with Gasteiger partial charge in [0.05, 0.1) is 12.3 Å². The van der Waals surface area contributed by atoms with E-state index in [0.29, 0.717) is 12.2 Å². The molecule has 0 fully saturated rings. The smallest absolute Gasteiger partial charge is 0.333 e. The van der Waals surface area contributed by atoms with Gasteiger partial charge in [-0.2, -0.15) is 0 Å². The fourth-order valence-corrected chi connectivity index (χ4v) is 11.4. The lowest BCUT2D eigenvalue weighted by molar-refractivity contribution is -0.140. The molecule has 0 heterocycles. The van der Waals surface area contributed by atoms with Gasteiger partial charge in [-0.3, -0.25) is 0 Å². The number of esters is 1. The first-order valence-corrected chi connectivity index (χ1v) is 14.7. The van der Waals surface area contributed by atoms with Crippen molar-refractivity contribution in [1.29, 1.82) is 0 Å². The SMILES string of the molecule is C=C(C)C(=O)OCCOC(CC)[Si](C)(O[Si](C)(C)C)c1ccccc1. The summed E-state index contributed by atoms with van der Waals surface area (Å²) in [5, 5.41) is 1.24. The summed E-state index contributed by atoms with van der Waals surface area (Å²) < 4.78 is 18.0. The van der Waals surface area contributed by atoms with Crippen molar-refractivity contribution in [2.75, 3.05) is 13.2 Å². The first kappa shape index (κ1) is 21.8. The normalized spacial score (nSPS) is 15.3. The van der Waals surface area contributed by atoms with Crippen molar-refractivity contribution in [1.82, 2.24) is 0 Å². The maximum absolute atomic E-state index is 11.5. The Hall–Kier alpha value is -1.22. The van der Waals surface area contributed by atoms with E-state index < -0.39 is 16.6 Å². The summed E-state index contributed by atoms with van der Waals surface area (Å²) in [5.41, 5.74) is 0.405. The second-order valence-electron chi connectivity index (χ2n) is 7.37. The molecule has 1 rings (SSSR count). The summed E-state index contributed by atoms with van der Waals surface area (Å²) in [7, 11) is -4.06. The van der Waals surface area contributed by atoms with Gasteiger partial charge in [0.1, 0.15) is 6.61 Å². The van der Waals surface area contributed by atoms with Crippen LogP contribution in [0.2, 0.25) is 26.2 Å². The summed E-state index contributed by atoms with van der Waals surface area (Å²) in [6.45, 7) is 16.8. The van der Waals surface area contributed by atoms with Crippen LogP contribution in [-0.2, 0) is 18.4 Å². The lowest BCUT2D eigenvalue weighted by atomic mass is 10.4. The van der Waals surface area contributed by atoms with Crippen LogP contribution >= 0.6 is 0 Å². The van der Waals surface area contributed by atoms with Gasteiger partial charge in [0.15, 0.2) is 8.32 Å². The zero-order chi connectivity index (χ0) is 19.1. The monoisotopic (exact) mass is 380 g/mol. The van der Waals surface area contributed by atoms with Crippen LogP contribution in [0, 0.1) is 0 Å². The number of hydrogen-bond donors (Lipinski definition) is 0. The molecule has 0 bridgehead atoms. The fourth-order valence-electron chi connectivity index (χ4n) is 2.83. The highest BCUT2D eigenvalue weighted by atomic mass is 28.4. The van der Waals surface area contributed by atoms with Gasteiger partial charge in [-0.15, -0.1) is 0 Å². The van der Waals surface area contributed by atoms with E-state index in [-0.39, 0.29) is 18.3 Å². The summed E-state index contributed by atoms with van der Waals surface area (Å²) in [5.74, 6) is -0.377. The molecule has 4 nitrogen and oxygen atoms in total. The van der Waals surface area contributed by atoms with E-state index >= 15 is 0 Å². The van der Waals surface area contributed by atoms with Gasteiger partial charge < -0.3 is 13.6 Å². The van der Waals surface area contributed by atoms with Gasteiger partial charge in [0.25, 0.3) is 0 Å². The van der Waals surface area contributed by atoms with Crippen LogP contribution < -0.4 is 5.19 Å². The van der Waals surface area contributed by atoms with E-state index in [0.717, 1.165) is 6.42 Å². The second kappa shape index (κ2) is 9.47. The average Bonchev–Trinajstić information content (AvgIpc) is 2.53. The predicted molar refractivity (Wildman–Crippen MR) is 108 cm³/mol. The van der Waals surface area contributed by atoms with Crippen LogP contribution in [0.4, 0.5) is 0 Å². The van der Waals surface area contributed by atoms with Crippen molar-refractivity contribution in [3.8, 4) is 0 Å². The van der Waals surface area contributed by atoms with Crippen molar-refractivity contribution in [3.63, 3.8) is 0 Å². The van der Waals surface area contributed by atoms with Gasteiger partial charge in [0.2, 0.25) is 8.32 Å². The van der Waals surface area contributed by atoms with Crippen LogP contribution in [0.5, 0.6) is 0 Å². The second-order valence-corrected chi connectivity index (χ2v) is 15.8. The Kier molecular flexibility index (Phi) is 8.27. The minimum absolute atomic E-state index is 0.00477. The van der Waals surface area contributed by atoms with Gasteiger partial charge in [-0.1, -0.05) is 43.8 Å². The van der Waals surface area contributed by atoms with Crippen LogP contribution in [0.15, 0.2) is 42.5 Å². The van der Waals surface area contributed by atoms with Crippen LogP contribution in [0.1, 0.15) is 20.3 Å². The first-order chi connectivity index (χ1) is 11.6. The third kappa shape index (κ3) is 6.89. The summed E-state index contributed by atoms with van der Waals surface area (Å²) in [6, 6.07) is 10.4. The summed E-state index contributed by atoms with van der Waals surface area (Å²) >= 11 is 0. The van der Waals surface area contributed by atoms with Crippen molar-refractivity contribution in [2.45, 2.75) is 52.2 Å². The number of carbonyl (C=O) groups is 1. The van der Waals surface area contributed by atoms with Gasteiger partial charge >= 0.3 is 5.97 Å². The maximum Gasteiger partial charge on any atom is 0.333 e. The van der Waals surface area contributed by atoms with E-state index in [1.807, 2.05) is 6.07 Å². The maximum atomic E-state index is 11.5. The Morgan fingerprint density at radius 1 is 1.12 bits per heavy atom. The van der Waals surface area contributed by atoms with Crippen LogP contribution in [-0.4, -0.2) is 41.5 Å². The zero-order valence-corrected chi connectivity index (χ0v) is 18.4. The third-order valence-electron chi connectivity index (χ3n) is 3.83. The predicted octanol–water partition coefficient (Wildman–Crippen LogP) is 3.77. The fraction of sp³-hybridized carbons (Fsp3) is 0.526. The van der Waals surface area contributed by atoms with E-state index in [9.17, 15) is 4.79 Å². The molecule has 1 aromatic rings. The Bertz CT molecular complexity index is 569. The molecule has 2 unspecified atom stereocenters. The molecule has 0 amide bonds. The molecular weight excluding hydrogens is 348 g/mol. The Balaban J connectivity index is 2.87.